The first-order chi connectivity index (χ1) is 12.0. The molecule has 0 atom stereocenters. The van der Waals surface area contributed by atoms with E-state index in [1.54, 1.807) is 21.6 Å². The smallest absolute Gasteiger partial charge is 0.274 e. The van der Waals surface area contributed by atoms with Gasteiger partial charge in [-0.15, -0.1) is 0 Å². The standard InChI is InChI=1S/C18H18FN3O3/c19-12-3-1-11(2-4-12)9-22-8-7-21-10-14(16(23)15(21)18(22)25)17(24)20-13-5-6-13/h1-4,10,13,23H,5-9H2,(H,20,24). The maximum Gasteiger partial charge on any atom is 0.274 e. The molecular weight excluding hydrogens is 325 g/mol. The average molecular weight is 343 g/mol. The second kappa shape index (κ2) is 5.91. The molecule has 2 amide bonds. The number of carbonyl (C=O) groups excluding carboxylic acids is 2. The van der Waals surface area contributed by atoms with Gasteiger partial charge in [0, 0.05) is 31.9 Å². The molecule has 1 aliphatic heterocycles. The number of nitrogens with zero attached hydrogens (tertiary/aromatic N) is 2. The van der Waals surface area contributed by atoms with Gasteiger partial charge in [0.2, 0.25) is 0 Å². The number of amides is 2. The summed E-state index contributed by atoms with van der Waals surface area (Å²) >= 11 is 0. The van der Waals surface area contributed by atoms with Gasteiger partial charge in [0.1, 0.15) is 5.82 Å². The lowest BCUT2D eigenvalue weighted by Gasteiger charge is -2.28. The van der Waals surface area contributed by atoms with Crippen LogP contribution in [0.4, 0.5) is 4.39 Å². The summed E-state index contributed by atoms with van der Waals surface area (Å²) in [6, 6.07) is 6.14. The Kier molecular flexibility index (Phi) is 3.71. The van der Waals surface area contributed by atoms with Crippen molar-refractivity contribution in [1.82, 2.24) is 14.8 Å². The van der Waals surface area contributed by atoms with Crippen LogP contribution in [0.1, 0.15) is 39.3 Å². The number of nitrogens with one attached hydrogen (secondary N) is 1. The number of fused-ring (bicyclic) bond motifs is 1. The molecule has 1 saturated carbocycles. The molecule has 1 aliphatic carbocycles. The Morgan fingerprint density at radius 2 is 1.96 bits per heavy atom. The number of carbonyl (C=O) groups is 2. The van der Waals surface area contributed by atoms with Crippen LogP contribution in [0.5, 0.6) is 5.75 Å². The van der Waals surface area contributed by atoms with Crippen LogP contribution in [0, 0.1) is 5.82 Å². The maximum absolute atomic E-state index is 13.0. The Balaban J connectivity index is 1.56. The highest BCUT2D eigenvalue weighted by atomic mass is 19.1. The van der Waals surface area contributed by atoms with E-state index in [4.69, 9.17) is 0 Å². The highest BCUT2D eigenvalue weighted by molar-refractivity contribution is 6.04. The van der Waals surface area contributed by atoms with Crippen LogP contribution in [0.25, 0.3) is 0 Å². The van der Waals surface area contributed by atoms with Crippen molar-refractivity contribution in [3.05, 3.63) is 53.1 Å². The molecule has 7 heteroatoms. The van der Waals surface area contributed by atoms with Gasteiger partial charge in [-0.2, -0.15) is 0 Å². The predicted molar refractivity (Wildman–Crippen MR) is 87.7 cm³/mol. The molecule has 0 saturated heterocycles. The van der Waals surface area contributed by atoms with Gasteiger partial charge in [-0.1, -0.05) is 12.1 Å². The number of aromatic nitrogens is 1. The lowest BCUT2D eigenvalue weighted by molar-refractivity contribution is 0.0687. The molecule has 0 bridgehead atoms. The van der Waals surface area contributed by atoms with Gasteiger partial charge in [0.25, 0.3) is 11.8 Å². The summed E-state index contributed by atoms with van der Waals surface area (Å²) in [5.74, 6) is -1.28. The van der Waals surface area contributed by atoms with Crippen LogP contribution >= 0.6 is 0 Å². The summed E-state index contributed by atoms with van der Waals surface area (Å²) < 4.78 is 14.6. The van der Waals surface area contributed by atoms with E-state index < -0.39 is 0 Å². The van der Waals surface area contributed by atoms with Gasteiger partial charge >= 0.3 is 0 Å². The Bertz CT molecular complexity index is 840. The molecule has 6 nitrogen and oxygen atoms in total. The minimum absolute atomic E-state index is 0.134. The fourth-order valence-electron chi connectivity index (χ4n) is 3.04. The minimum atomic E-state index is -0.347. The number of hydrogen-bond acceptors (Lipinski definition) is 3. The number of hydrogen-bond donors (Lipinski definition) is 2. The highest BCUT2D eigenvalue weighted by Crippen LogP contribution is 2.30. The maximum atomic E-state index is 13.0. The second-order valence-corrected chi connectivity index (χ2v) is 6.53. The molecule has 1 aromatic carbocycles. The van der Waals surface area contributed by atoms with E-state index >= 15 is 0 Å². The monoisotopic (exact) mass is 343 g/mol. The van der Waals surface area contributed by atoms with Crippen molar-refractivity contribution in [1.29, 1.82) is 0 Å². The molecule has 2 N–H and O–H groups in total. The van der Waals surface area contributed by atoms with Crippen molar-refractivity contribution < 1.29 is 19.1 Å². The topological polar surface area (TPSA) is 74.6 Å². The van der Waals surface area contributed by atoms with E-state index in [-0.39, 0.29) is 40.7 Å². The summed E-state index contributed by atoms with van der Waals surface area (Å²) in [5, 5.41) is 13.2. The van der Waals surface area contributed by atoms with Gasteiger partial charge < -0.3 is 19.9 Å². The SMILES string of the molecule is O=C(NC1CC1)c1cn2c(c1O)C(=O)N(Cc1ccc(F)cc1)CC2. The second-order valence-electron chi connectivity index (χ2n) is 6.53. The van der Waals surface area contributed by atoms with E-state index in [0.29, 0.717) is 19.6 Å². The van der Waals surface area contributed by atoms with Gasteiger partial charge in [0.15, 0.2) is 11.4 Å². The Labute approximate surface area is 143 Å². The van der Waals surface area contributed by atoms with Gasteiger partial charge in [-0.3, -0.25) is 9.59 Å². The molecule has 4 rings (SSSR count). The third-order valence-corrected chi connectivity index (χ3v) is 4.60. The first-order valence-electron chi connectivity index (χ1n) is 8.29. The highest BCUT2D eigenvalue weighted by Gasteiger charge is 2.33. The summed E-state index contributed by atoms with van der Waals surface area (Å²) in [4.78, 5) is 26.5. The fraction of sp³-hybridized carbons (Fsp3) is 0.333. The molecule has 1 aromatic heterocycles. The average Bonchev–Trinajstić information content (AvgIpc) is 3.33. The van der Waals surface area contributed by atoms with Crippen LogP contribution in [0.3, 0.4) is 0 Å². The number of rotatable bonds is 4. The van der Waals surface area contributed by atoms with E-state index in [0.717, 1.165) is 18.4 Å². The number of aromatic hydroxyl groups is 1. The van der Waals surface area contributed by atoms with E-state index in [1.807, 2.05) is 0 Å². The molecule has 0 radical (unpaired) electrons. The largest absolute Gasteiger partial charge is 0.505 e. The first-order valence-corrected chi connectivity index (χ1v) is 8.29. The van der Waals surface area contributed by atoms with Crippen LogP contribution < -0.4 is 5.32 Å². The Morgan fingerprint density at radius 1 is 1.24 bits per heavy atom. The van der Waals surface area contributed by atoms with Crippen molar-refractivity contribution in [2.75, 3.05) is 6.54 Å². The van der Waals surface area contributed by atoms with Crippen LogP contribution in [0.15, 0.2) is 30.5 Å². The predicted octanol–water partition coefficient (Wildman–Crippen LogP) is 1.88. The molecule has 130 valence electrons. The lowest BCUT2D eigenvalue weighted by atomic mass is 10.1. The third-order valence-electron chi connectivity index (χ3n) is 4.60. The zero-order chi connectivity index (χ0) is 17.6. The molecule has 25 heavy (non-hydrogen) atoms. The van der Waals surface area contributed by atoms with Crippen LogP contribution in [0.2, 0.25) is 0 Å². The van der Waals surface area contributed by atoms with Crippen molar-refractivity contribution in [3.8, 4) is 5.75 Å². The molecule has 0 unspecified atom stereocenters. The zero-order valence-corrected chi connectivity index (χ0v) is 13.5. The van der Waals surface area contributed by atoms with Gasteiger partial charge in [0.05, 0.1) is 5.56 Å². The van der Waals surface area contributed by atoms with Crippen LogP contribution in [-0.2, 0) is 13.1 Å². The Morgan fingerprint density at radius 3 is 2.64 bits per heavy atom. The normalized spacial score (nSPS) is 16.7. The zero-order valence-electron chi connectivity index (χ0n) is 13.5. The van der Waals surface area contributed by atoms with E-state index in [2.05, 4.69) is 5.32 Å². The minimum Gasteiger partial charge on any atom is -0.505 e. The quantitative estimate of drug-likeness (QED) is 0.890. The third kappa shape index (κ3) is 2.97. The summed E-state index contributed by atoms with van der Waals surface area (Å²) in [5.41, 5.74) is 1.08. The van der Waals surface area contributed by atoms with Crippen molar-refractivity contribution in [3.63, 3.8) is 0 Å². The fourth-order valence-corrected chi connectivity index (χ4v) is 3.04. The lowest BCUT2D eigenvalue weighted by Crippen LogP contribution is -2.39. The van der Waals surface area contributed by atoms with Crippen molar-refractivity contribution >= 4 is 11.8 Å². The molecule has 0 spiro atoms. The molecule has 2 aromatic rings. The summed E-state index contributed by atoms with van der Waals surface area (Å²) in [6.45, 7) is 1.28. The van der Waals surface area contributed by atoms with Crippen molar-refractivity contribution in [2.45, 2.75) is 32.0 Å². The first kappa shape index (κ1) is 15.7. The number of benzene rings is 1. The van der Waals surface area contributed by atoms with Gasteiger partial charge in [-0.25, -0.2) is 4.39 Å². The molecule has 2 heterocycles. The van der Waals surface area contributed by atoms with E-state index in [9.17, 15) is 19.1 Å². The van der Waals surface area contributed by atoms with E-state index in [1.165, 1.54) is 18.3 Å². The summed E-state index contributed by atoms with van der Waals surface area (Å²) in [7, 11) is 0. The van der Waals surface area contributed by atoms with Gasteiger partial charge in [-0.05, 0) is 30.5 Å². The Hall–Kier alpha value is -2.83. The van der Waals surface area contributed by atoms with Crippen LogP contribution in [-0.4, -0.2) is 39.0 Å². The van der Waals surface area contributed by atoms with Crippen molar-refractivity contribution in [2.24, 2.45) is 0 Å². The molecule has 2 aliphatic rings. The summed E-state index contributed by atoms with van der Waals surface area (Å²) in [6.07, 6.45) is 3.43. The molecular formula is C18H18FN3O3. The number of halogens is 1. The molecule has 1 fully saturated rings.